The monoisotopic (exact) mass is 384 g/mol. The van der Waals surface area contributed by atoms with Gasteiger partial charge in [-0.1, -0.05) is 12.1 Å². The molecule has 28 heavy (non-hydrogen) atoms. The number of aromatic nitrogens is 1. The number of rotatable bonds is 7. The van der Waals surface area contributed by atoms with Crippen LogP contribution in [-0.2, 0) is 10.2 Å². The van der Waals surface area contributed by atoms with Gasteiger partial charge in [-0.05, 0) is 49.6 Å². The lowest BCUT2D eigenvalue weighted by Gasteiger charge is -2.38. The van der Waals surface area contributed by atoms with Crippen molar-refractivity contribution in [3.8, 4) is 5.75 Å². The van der Waals surface area contributed by atoms with E-state index >= 15 is 0 Å². The average molecular weight is 384 g/mol. The third-order valence-corrected chi connectivity index (χ3v) is 5.06. The summed E-state index contributed by atoms with van der Waals surface area (Å²) >= 11 is 0. The second kappa shape index (κ2) is 8.84. The van der Waals surface area contributed by atoms with Crippen LogP contribution in [0.3, 0.4) is 0 Å². The van der Waals surface area contributed by atoms with Gasteiger partial charge in [-0.3, -0.25) is 4.79 Å². The summed E-state index contributed by atoms with van der Waals surface area (Å²) in [5.74, 6) is -0.577. The number of pyridine rings is 1. The van der Waals surface area contributed by atoms with Gasteiger partial charge in [0, 0.05) is 31.4 Å². The fourth-order valence-electron chi connectivity index (χ4n) is 3.41. The maximum absolute atomic E-state index is 12.5. The van der Waals surface area contributed by atoms with Gasteiger partial charge in [-0.2, -0.15) is 0 Å². The minimum atomic E-state index is -1.12. The Kier molecular flexibility index (Phi) is 6.26. The number of nitrogens with zero attached hydrogens (tertiary/aromatic N) is 1. The van der Waals surface area contributed by atoms with Crippen LogP contribution in [-0.4, -0.2) is 48.3 Å². The van der Waals surface area contributed by atoms with Gasteiger partial charge < -0.3 is 19.9 Å². The van der Waals surface area contributed by atoms with Gasteiger partial charge in [-0.25, -0.2) is 9.78 Å². The summed E-state index contributed by atoms with van der Waals surface area (Å²) < 4.78 is 11.1. The zero-order valence-electron chi connectivity index (χ0n) is 15.8. The molecular formula is C21H24N2O5. The van der Waals surface area contributed by atoms with Gasteiger partial charge in [0.25, 0.3) is 5.91 Å². The van der Waals surface area contributed by atoms with Gasteiger partial charge in [0.1, 0.15) is 11.4 Å². The van der Waals surface area contributed by atoms with Gasteiger partial charge in [-0.15, -0.1) is 0 Å². The quantitative estimate of drug-likeness (QED) is 0.762. The van der Waals surface area contributed by atoms with Crippen LogP contribution >= 0.6 is 0 Å². The van der Waals surface area contributed by atoms with Gasteiger partial charge in [0.05, 0.1) is 12.2 Å². The van der Waals surface area contributed by atoms with Gasteiger partial charge in [0.2, 0.25) is 0 Å². The molecule has 1 aliphatic heterocycles. The van der Waals surface area contributed by atoms with Crippen LogP contribution < -0.4 is 10.1 Å². The number of carbonyl (C=O) groups is 2. The molecule has 2 aromatic rings. The van der Waals surface area contributed by atoms with Crippen molar-refractivity contribution in [3.63, 3.8) is 0 Å². The number of carboxylic acids is 1. The molecule has 1 aromatic heterocycles. The molecule has 0 spiro atoms. The molecule has 0 aliphatic carbocycles. The van der Waals surface area contributed by atoms with Crippen LogP contribution in [0.25, 0.3) is 0 Å². The maximum atomic E-state index is 12.5. The van der Waals surface area contributed by atoms with Crippen molar-refractivity contribution in [2.75, 3.05) is 26.4 Å². The molecule has 2 heterocycles. The number of carbonyl (C=O) groups excluding carboxylic acids is 1. The van der Waals surface area contributed by atoms with E-state index in [0.717, 1.165) is 24.2 Å². The van der Waals surface area contributed by atoms with Crippen molar-refractivity contribution in [2.24, 2.45) is 0 Å². The van der Waals surface area contributed by atoms with Crippen LogP contribution in [0.5, 0.6) is 5.75 Å². The molecule has 0 saturated carbocycles. The molecule has 0 radical (unpaired) electrons. The van der Waals surface area contributed by atoms with E-state index in [2.05, 4.69) is 10.3 Å². The first-order valence-corrected chi connectivity index (χ1v) is 9.33. The summed E-state index contributed by atoms with van der Waals surface area (Å²) in [5, 5.41) is 11.9. The number of carboxylic acid groups (broad SMARTS) is 1. The van der Waals surface area contributed by atoms with Crippen molar-refractivity contribution >= 4 is 11.9 Å². The smallest absolute Gasteiger partial charge is 0.354 e. The molecule has 2 N–H and O–H groups in total. The molecule has 1 amide bonds. The minimum absolute atomic E-state index is 0.0909. The van der Waals surface area contributed by atoms with Crippen LogP contribution in [0, 0.1) is 0 Å². The molecule has 148 valence electrons. The van der Waals surface area contributed by atoms with E-state index in [1.807, 2.05) is 31.2 Å². The van der Waals surface area contributed by atoms with E-state index in [9.17, 15) is 9.59 Å². The van der Waals surface area contributed by atoms with Crippen LogP contribution in [0.15, 0.2) is 42.6 Å². The SMILES string of the molecule is CCOc1ccc(C2(CNC(=O)c3ccc(C(=O)O)nc3)CCOCC2)cc1. The fraction of sp³-hybridized carbons (Fsp3) is 0.381. The lowest BCUT2D eigenvalue weighted by molar-refractivity contribution is 0.0487. The number of nitrogens with one attached hydrogen (secondary N) is 1. The van der Waals surface area contributed by atoms with Crippen molar-refractivity contribution in [2.45, 2.75) is 25.2 Å². The first kappa shape index (κ1) is 19.8. The Morgan fingerprint density at radius 3 is 2.46 bits per heavy atom. The summed E-state index contributed by atoms with van der Waals surface area (Å²) in [7, 11) is 0. The van der Waals surface area contributed by atoms with Gasteiger partial charge >= 0.3 is 5.97 Å². The van der Waals surface area contributed by atoms with E-state index in [1.165, 1.54) is 18.3 Å². The zero-order chi connectivity index (χ0) is 20.0. The van der Waals surface area contributed by atoms with Crippen molar-refractivity contribution in [3.05, 3.63) is 59.4 Å². The molecule has 1 saturated heterocycles. The number of hydrogen-bond acceptors (Lipinski definition) is 5. The van der Waals surface area contributed by atoms with Crippen molar-refractivity contribution < 1.29 is 24.2 Å². The first-order chi connectivity index (χ1) is 13.5. The van der Waals surface area contributed by atoms with E-state index in [4.69, 9.17) is 14.6 Å². The van der Waals surface area contributed by atoms with E-state index in [-0.39, 0.29) is 17.0 Å². The van der Waals surface area contributed by atoms with Gasteiger partial charge in [0.15, 0.2) is 0 Å². The molecular weight excluding hydrogens is 360 g/mol. The third kappa shape index (κ3) is 4.48. The summed E-state index contributed by atoms with van der Waals surface area (Å²) in [6.07, 6.45) is 2.89. The standard InChI is InChI=1S/C21H24N2O5/c1-2-28-17-6-4-16(5-7-17)21(9-11-27-12-10-21)14-23-19(24)15-3-8-18(20(25)26)22-13-15/h3-8,13H,2,9-12,14H2,1H3,(H,23,24)(H,25,26). The highest BCUT2D eigenvalue weighted by molar-refractivity contribution is 5.94. The number of hydrogen-bond donors (Lipinski definition) is 2. The predicted octanol–water partition coefficient (Wildman–Crippen LogP) is 2.66. The number of benzene rings is 1. The normalized spacial score (nSPS) is 15.6. The van der Waals surface area contributed by atoms with Crippen molar-refractivity contribution in [1.29, 1.82) is 0 Å². The van der Waals surface area contributed by atoms with E-state index in [1.54, 1.807) is 0 Å². The Morgan fingerprint density at radius 2 is 1.89 bits per heavy atom. The average Bonchev–Trinajstić information content (AvgIpc) is 2.73. The van der Waals surface area contributed by atoms with Crippen LogP contribution in [0.1, 0.15) is 46.2 Å². The minimum Gasteiger partial charge on any atom is -0.494 e. The van der Waals surface area contributed by atoms with E-state index < -0.39 is 5.97 Å². The molecule has 1 aromatic carbocycles. The third-order valence-electron chi connectivity index (χ3n) is 5.06. The Bertz CT molecular complexity index is 812. The fourth-order valence-corrected chi connectivity index (χ4v) is 3.41. The topological polar surface area (TPSA) is 97.8 Å². The maximum Gasteiger partial charge on any atom is 0.354 e. The Balaban J connectivity index is 1.73. The Morgan fingerprint density at radius 1 is 1.18 bits per heavy atom. The highest BCUT2D eigenvalue weighted by Crippen LogP contribution is 2.35. The first-order valence-electron chi connectivity index (χ1n) is 9.33. The van der Waals surface area contributed by atoms with Crippen LogP contribution in [0.4, 0.5) is 0 Å². The molecule has 0 atom stereocenters. The molecule has 7 heteroatoms. The lowest BCUT2D eigenvalue weighted by Crippen LogP contribution is -2.44. The molecule has 1 fully saturated rings. The highest BCUT2D eigenvalue weighted by atomic mass is 16.5. The molecule has 7 nitrogen and oxygen atoms in total. The molecule has 1 aliphatic rings. The van der Waals surface area contributed by atoms with Crippen LogP contribution in [0.2, 0.25) is 0 Å². The summed E-state index contributed by atoms with van der Waals surface area (Å²) in [5.41, 5.74) is 1.16. The van der Waals surface area contributed by atoms with Crippen molar-refractivity contribution in [1.82, 2.24) is 10.3 Å². The molecule has 0 bridgehead atoms. The number of amides is 1. The Hall–Kier alpha value is -2.93. The summed E-state index contributed by atoms with van der Waals surface area (Å²) in [6.45, 7) is 4.30. The lowest BCUT2D eigenvalue weighted by atomic mass is 9.74. The molecule has 0 unspecified atom stereocenters. The summed E-state index contributed by atoms with van der Waals surface area (Å²) in [6, 6.07) is 10.8. The largest absolute Gasteiger partial charge is 0.494 e. The van der Waals surface area contributed by atoms with E-state index in [0.29, 0.717) is 31.9 Å². The second-order valence-corrected chi connectivity index (χ2v) is 6.77. The molecule has 3 rings (SSSR count). The Labute approximate surface area is 163 Å². The second-order valence-electron chi connectivity index (χ2n) is 6.77. The highest BCUT2D eigenvalue weighted by Gasteiger charge is 2.35. The number of ether oxygens (including phenoxy) is 2. The predicted molar refractivity (Wildman–Crippen MR) is 103 cm³/mol. The zero-order valence-corrected chi connectivity index (χ0v) is 15.8. The number of aromatic carboxylic acids is 1. The summed E-state index contributed by atoms with van der Waals surface area (Å²) in [4.78, 5) is 27.2.